The Hall–Kier alpha value is -3.26. The summed E-state index contributed by atoms with van der Waals surface area (Å²) >= 11 is 1.54. The van der Waals surface area contributed by atoms with Crippen molar-refractivity contribution >= 4 is 23.2 Å². The maximum absolute atomic E-state index is 12.0. The Kier molecular flexibility index (Phi) is 6.23. The molecule has 0 unspecified atom stereocenters. The van der Waals surface area contributed by atoms with Gasteiger partial charge in [0.05, 0.1) is 6.04 Å². The number of nitrogens with zero attached hydrogens (tertiary/aromatic N) is 3. The van der Waals surface area contributed by atoms with Gasteiger partial charge in [0.2, 0.25) is 16.6 Å². The van der Waals surface area contributed by atoms with Gasteiger partial charge in [-0.25, -0.2) is 4.68 Å². The molecular weight excluding hydrogens is 422 g/mol. The molecule has 1 aliphatic carbocycles. The normalized spacial score (nSPS) is 19.1. The van der Waals surface area contributed by atoms with Crippen molar-refractivity contribution in [1.82, 2.24) is 9.78 Å². The van der Waals surface area contributed by atoms with Crippen LogP contribution in [0, 0.1) is 5.92 Å². The Morgan fingerprint density at radius 1 is 1.00 bits per heavy atom. The number of primary amides is 2. The van der Waals surface area contributed by atoms with Crippen molar-refractivity contribution in [2.75, 3.05) is 0 Å². The van der Waals surface area contributed by atoms with Gasteiger partial charge in [-0.3, -0.25) is 14.6 Å². The maximum atomic E-state index is 12.0. The summed E-state index contributed by atoms with van der Waals surface area (Å²) < 4.78 is 1.82. The number of carbonyl (C=O) groups excluding carboxylic acids is 2. The van der Waals surface area contributed by atoms with E-state index in [0.29, 0.717) is 22.7 Å². The Morgan fingerprint density at radius 2 is 1.66 bits per heavy atom. The summed E-state index contributed by atoms with van der Waals surface area (Å²) in [6.07, 6.45) is 4.67. The molecule has 1 heterocycles. The topological polar surface area (TPSA) is 116 Å². The number of nitrogens with two attached hydrogens (primary N) is 2. The lowest BCUT2D eigenvalue weighted by Crippen LogP contribution is -2.21. The third kappa shape index (κ3) is 4.65. The van der Waals surface area contributed by atoms with Crippen LogP contribution in [0.5, 0.6) is 0 Å². The minimum atomic E-state index is -0.516. The molecule has 1 saturated carbocycles. The van der Waals surface area contributed by atoms with Crippen molar-refractivity contribution in [2.45, 2.75) is 38.6 Å². The standard InChI is InChI=1S/C24H27N5O2S/c1-14-3-10-18(11-4-14)27-24-29(2)28-23(32-24)17-9-12-19(22(26)31)20(13-17)15-5-7-16(8-6-15)21(25)30/h5-9,12-14,18H,3-4,10-11H2,1-2H3,(H2,25,30)(H2,26,31). The average Bonchev–Trinajstić information content (AvgIpc) is 3.15. The molecule has 166 valence electrons. The Morgan fingerprint density at radius 3 is 2.28 bits per heavy atom. The molecule has 2 aromatic carbocycles. The first-order valence-corrected chi connectivity index (χ1v) is 11.6. The van der Waals surface area contributed by atoms with Gasteiger partial charge in [0.1, 0.15) is 5.01 Å². The molecule has 4 rings (SSSR count). The number of carbonyl (C=O) groups is 2. The number of rotatable bonds is 5. The fraction of sp³-hybridized carbons (Fsp3) is 0.333. The van der Waals surface area contributed by atoms with Crippen LogP contribution >= 0.6 is 11.3 Å². The SMILES string of the molecule is CC1CCC(N=c2sc(-c3ccc(C(N)=O)c(-c4ccc(C(N)=O)cc4)c3)nn2C)CC1. The number of hydrogen-bond donors (Lipinski definition) is 2. The second-order valence-electron chi connectivity index (χ2n) is 8.42. The highest BCUT2D eigenvalue weighted by atomic mass is 32.1. The molecule has 32 heavy (non-hydrogen) atoms. The lowest BCUT2D eigenvalue weighted by atomic mass is 9.88. The van der Waals surface area contributed by atoms with Gasteiger partial charge in [-0.2, -0.15) is 5.10 Å². The molecule has 0 atom stereocenters. The van der Waals surface area contributed by atoms with Crippen molar-refractivity contribution in [3.05, 3.63) is 58.4 Å². The van der Waals surface area contributed by atoms with Crippen molar-refractivity contribution in [1.29, 1.82) is 0 Å². The van der Waals surface area contributed by atoms with Gasteiger partial charge in [0, 0.05) is 23.7 Å². The van der Waals surface area contributed by atoms with Gasteiger partial charge in [0.15, 0.2) is 0 Å². The van der Waals surface area contributed by atoms with Crippen molar-refractivity contribution in [3.63, 3.8) is 0 Å². The molecule has 1 aliphatic rings. The number of aryl methyl sites for hydroxylation is 1. The fourth-order valence-electron chi connectivity index (χ4n) is 4.05. The Bertz CT molecular complexity index is 1220. The predicted octanol–water partition coefficient (Wildman–Crippen LogP) is 3.49. The van der Waals surface area contributed by atoms with E-state index in [1.165, 1.54) is 24.2 Å². The van der Waals surface area contributed by atoms with Crippen LogP contribution in [0.25, 0.3) is 21.7 Å². The average molecular weight is 450 g/mol. The van der Waals surface area contributed by atoms with E-state index in [1.54, 1.807) is 30.3 Å². The van der Waals surface area contributed by atoms with Crippen LogP contribution in [-0.2, 0) is 7.05 Å². The summed E-state index contributed by atoms with van der Waals surface area (Å²) in [5.41, 5.74) is 14.1. The predicted molar refractivity (Wildman–Crippen MR) is 126 cm³/mol. The van der Waals surface area contributed by atoms with Crippen LogP contribution in [0.1, 0.15) is 53.3 Å². The molecule has 0 radical (unpaired) electrons. The number of aromatic nitrogens is 2. The van der Waals surface area contributed by atoms with Crippen molar-refractivity contribution in [3.8, 4) is 21.7 Å². The molecule has 4 N–H and O–H groups in total. The summed E-state index contributed by atoms with van der Waals surface area (Å²) in [5, 5.41) is 5.49. The zero-order valence-corrected chi connectivity index (χ0v) is 19.1. The van der Waals surface area contributed by atoms with E-state index in [9.17, 15) is 9.59 Å². The monoisotopic (exact) mass is 449 g/mol. The summed E-state index contributed by atoms with van der Waals surface area (Å²) in [4.78, 5) is 29.3. The summed E-state index contributed by atoms with van der Waals surface area (Å²) in [6, 6.07) is 12.6. The largest absolute Gasteiger partial charge is 0.366 e. The second-order valence-corrected chi connectivity index (χ2v) is 9.38. The molecule has 0 saturated heterocycles. The van der Waals surface area contributed by atoms with Gasteiger partial charge in [0.25, 0.3) is 0 Å². The van der Waals surface area contributed by atoms with E-state index in [2.05, 4.69) is 12.0 Å². The van der Waals surface area contributed by atoms with E-state index >= 15 is 0 Å². The first kappa shape index (κ1) is 22.0. The number of hydrogen-bond acceptors (Lipinski definition) is 5. The van der Waals surface area contributed by atoms with Gasteiger partial charge >= 0.3 is 0 Å². The fourth-order valence-corrected chi connectivity index (χ4v) is 5.01. The molecular formula is C24H27N5O2S. The van der Waals surface area contributed by atoms with Crippen LogP contribution in [0.2, 0.25) is 0 Å². The van der Waals surface area contributed by atoms with Crippen LogP contribution in [-0.4, -0.2) is 27.6 Å². The van der Waals surface area contributed by atoms with E-state index in [0.717, 1.165) is 39.7 Å². The highest BCUT2D eigenvalue weighted by Gasteiger charge is 2.18. The quantitative estimate of drug-likeness (QED) is 0.621. The van der Waals surface area contributed by atoms with Crippen LogP contribution in [0.15, 0.2) is 47.5 Å². The summed E-state index contributed by atoms with van der Waals surface area (Å²) in [5.74, 6) is -0.233. The maximum Gasteiger partial charge on any atom is 0.249 e. The molecule has 1 fully saturated rings. The smallest absolute Gasteiger partial charge is 0.249 e. The van der Waals surface area contributed by atoms with E-state index in [-0.39, 0.29) is 0 Å². The molecule has 3 aromatic rings. The number of amides is 2. The molecule has 0 bridgehead atoms. The van der Waals surface area contributed by atoms with Gasteiger partial charge in [-0.15, -0.1) is 0 Å². The Labute approximate surface area is 190 Å². The van der Waals surface area contributed by atoms with Crippen molar-refractivity contribution < 1.29 is 9.59 Å². The van der Waals surface area contributed by atoms with E-state index in [4.69, 9.17) is 16.5 Å². The van der Waals surface area contributed by atoms with Gasteiger partial charge < -0.3 is 11.5 Å². The summed E-state index contributed by atoms with van der Waals surface area (Å²) in [6.45, 7) is 2.30. The lowest BCUT2D eigenvalue weighted by Gasteiger charge is -2.22. The Balaban J connectivity index is 1.71. The van der Waals surface area contributed by atoms with Gasteiger partial charge in [-0.05, 0) is 67.0 Å². The first-order valence-electron chi connectivity index (χ1n) is 10.7. The van der Waals surface area contributed by atoms with E-state index in [1.807, 2.05) is 23.9 Å². The van der Waals surface area contributed by atoms with Crippen LogP contribution in [0.3, 0.4) is 0 Å². The van der Waals surface area contributed by atoms with Crippen molar-refractivity contribution in [2.24, 2.45) is 29.4 Å². The van der Waals surface area contributed by atoms with E-state index < -0.39 is 11.8 Å². The summed E-state index contributed by atoms with van der Waals surface area (Å²) in [7, 11) is 1.91. The molecule has 1 aromatic heterocycles. The molecule has 0 spiro atoms. The lowest BCUT2D eigenvalue weighted by molar-refractivity contribution is 0.0992. The molecule has 0 aliphatic heterocycles. The highest BCUT2D eigenvalue weighted by Crippen LogP contribution is 2.30. The van der Waals surface area contributed by atoms with Gasteiger partial charge in [-0.1, -0.05) is 36.5 Å². The zero-order chi connectivity index (χ0) is 22.8. The first-order chi connectivity index (χ1) is 15.3. The van der Waals surface area contributed by atoms with Crippen LogP contribution < -0.4 is 16.3 Å². The third-order valence-electron chi connectivity index (χ3n) is 6.00. The molecule has 8 heteroatoms. The van der Waals surface area contributed by atoms with Crippen LogP contribution in [0.4, 0.5) is 0 Å². The highest BCUT2D eigenvalue weighted by molar-refractivity contribution is 7.12. The zero-order valence-electron chi connectivity index (χ0n) is 18.2. The third-order valence-corrected chi connectivity index (χ3v) is 7.06. The minimum absolute atomic E-state index is 0.349. The minimum Gasteiger partial charge on any atom is -0.366 e. The second kappa shape index (κ2) is 9.08. The molecule has 2 amide bonds. The molecule has 7 nitrogen and oxygen atoms in total. The number of benzene rings is 2.